The van der Waals surface area contributed by atoms with E-state index in [1.807, 2.05) is 18.2 Å². The van der Waals surface area contributed by atoms with Crippen LogP contribution in [0.25, 0.3) is 10.2 Å². The highest BCUT2D eigenvalue weighted by Gasteiger charge is 2.21. The second-order valence-corrected chi connectivity index (χ2v) is 8.15. The van der Waals surface area contributed by atoms with Gasteiger partial charge in [0.15, 0.2) is 11.5 Å². The zero-order chi connectivity index (χ0) is 20.5. The Kier molecular flexibility index (Phi) is 5.29. The fraction of sp³-hybridized carbons (Fsp3) is 0.333. The number of hydrogen-bond donors (Lipinski definition) is 2. The van der Waals surface area contributed by atoms with Gasteiger partial charge in [0.1, 0.15) is 9.71 Å². The standard InChI is InChI=1S/C21H24N4O3S/c1-25-7-6-15-13(11-25)9-14-18(22)19(29-21(14)24-15)20(26)23-10-12-4-5-16(27-2)17(8-12)28-3/h4-5,8-9H,6-7,10-11,22H2,1-3H3,(H,23,26). The number of likely N-dealkylation sites (N-methyl/N-ethyl adjacent to an activating group) is 1. The van der Waals surface area contributed by atoms with Gasteiger partial charge in [0.05, 0.1) is 19.9 Å². The lowest BCUT2D eigenvalue weighted by Crippen LogP contribution is -2.27. The molecule has 1 aromatic carbocycles. The van der Waals surface area contributed by atoms with Crippen LogP contribution in [0.3, 0.4) is 0 Å². The Hall–Kier alpha value is -2.84. The van der Waals surface area contributed by atoms with Crippen LogP contribution >= 0.6 is 11.3 Å². The molecular weight excluding hydrogens is 388 g/mol. The Morgan fingerprint density at radius 3 is 2.83 bits per heavy atom. The molecule has 2 aromatic heterocycles. The molecule has 1 amide bonds. The molecule has 1 aliphatic rings. The van der Waals surface area contributed by atoms with Gasteiger partial charge in [-0.1, -0.05) is 6.07 Å². The molecule has 4 rings (SSSR count). The number of nitrogens with zero attached hydrogens (tertiary/aromatic N) is 2. The molecule has 3 N–H and O–H groups in total. The molecule has 152 valence electrons. The summed E-state index contributed by atoms with van der Waals surface area (Å²) in [4.78, 5) is 21.1. The third-order valence-electron chi connectivity index (χ3n) is 5.17. The summed E-state index contributed by atoms with van der Waals surface area (Å²) in [5, 5.41) is 3.80. The average molecular weight is 413 g/mol. The molecule has 1 aliphatic heterocycles. The Bertz CT molecular complexity index is 1080. The average Bonchev–Trinajstić information content (AvgIpc) is 3.05. The van der Waals surface area contributed by atoms with Crippen molar-refractivity contribution in [3.63, 3.8) is 0 Å². The van der Waals surface area contributed by atoms with Crippen molar-refractivity contribution in [1.29, 1.82) is 0 Å². The third-order valence-corrected chi connectivity index (χ3v) is 6.28. The molecule has 29 heavy (non-hydrogen) atoms. The van der Waals surface area contributed by atoms with E-state index >= 15 is 0 Å². The minimum absolute atomic E-state index is 0.199. The van der Waals surface area contributed by atoms with Gasteiger partial charge in [-0.2, -0.15) is 0 Å². The molecule has 0 unspecified atom stereocenters. The topological polar surface area (TPSA) is 89.7 Å². The summed E-state index contributed by atoms with van der Waals surface area (Å²) < 4.78 is 10.6. The number of rotatable bonds is 5. The van der Waals surface area contributed by atoms with Crippen molar-refractivity contribution in [2.24, 2.45) is 0 Å². The van der Waals surface area contributed by atoms with Crippen LogP contribution in [0.15, 0.2) is 24.3 Å². The number of fused-ring (bicyclic) bond motifs is 2. The zero-order valence-electron chi connectivity index (χ0n) is 16.7. The first kappa shape index (κ1) is 19.5. The Labute approximate surface area is 173 Å². The van der Waals surface area contributed by atoms with Crippen molar-refractivity contribution in [3.05, 3.63) is 46.0 Å². The zero-order valence-corrected chi connectivity index (χ0v) is 17.6. The molecule has 0 saturated heterocycles. The normalized spacial score (nSPS) is 13.9. The number of aromatic nitrogens is 1. The van der Waals surface area contributed by atoms with Gasteiger partial charge in [0.2, 0.25) is 0 Å². The summed E-state index contributed by atoms with van der Waals surface area (Å²) in [6.07, 6.45) is 0.917. The molecular formula is C21H24N4O3S. The van der Waals surface area contributed by atoms with E-state index in [2.05, 4.69) is 23.3 Å². The molecule has 8 heteroatoms. The summed E-state index contributed by atoms with van der Waals surface area (Å²) in [6, 6.07) is 7.64. The summed E-state index contributed by atoms with van der Waals surface area (Å²) in [6.45, 7) is 2.21. The van der Waals surface area contributed by atoms with Crippen LogP contribution in [-0.4, -0.2) is 43.6 Å². The molecule has 0 atom stereocenters. The van der Waals surface area contributed by atoms with Gasteiger partial charge in [-0.05, 0) is 36.4 Å². The van der Waals surface area contributed by atoms with Crippen molar-refractivity contribution in [1.82, 2.24) is 15.2 Å². The number of anilines is 1. The number of carbonyl (C=O) groups excluding carboxylic acids is 1. The van der Waals surface area contributed by atoms with Crippen LogP contribution in [0.4, 0.5) is 5.69 Å². The number of ether oxygens (including phenoxy) is 2. The lowest BCUT2D eigenvalue weighted by Gasteiger charge is -2.24. The van der Waals surface area contributed by atoms with Crippen molar-refractivity contribution >= 4 is 33.1 Å². The Morgan fingerprint density at radius 1 is 1.28 bits per heavy atom. The molecule has 7 nitrogen and oxygen atoms in total. The third kappa shape index (κ3) is 3.73. The van der Waals surface area contributed by atoms with Crippen LogP contribution in [0.1, 0.15) is 26.5 Å². The highest BCUT2D eigenvalue weighted by molar-refractivity contribution is 7.21. The lowest BCUT2D eigenvalue weighted by atomic mass is 10.0. The highest BCUT2D eigenvalue weighted by Crippen LogP contribution is 2.35. The maximum absolute atomic E-state index is 12.8. The Balaban J connectivity index is 1.55. The van der Waals surface area contributed by atoms with Crippen molar-refractivity contribution in [3.8, 4) is 11.5 Å². The van der Waals surface area contributed by atoms with Crippen LogP contribution in [-0.2, 0) is 19.5 Å². The second-order valence-electron chi connectivity index (χ2n) is 7.15. The number of carbonyl (C=O) groups is 1. The van der Waals surface area contributed by atoms with Crippen LogP contribution in [0.2, 0.25) is 0 Å². The minimum Gasteiger partial charge on any atom is -0.493 e. The van der Waals surface area contributed by atoms with Crippen LogP contribution in [0, 0.1) is 0 Å². The number of nitrogens with two attached hydrogens (primary N) is 1. The number of hydrogen-bond acceptors (Lipinski definition) is 7. The molecule has 3 aromatic rings. The van der Waals surface area contributed by atoms with Crippen molar-refractivity contribution in [2.45, 2.75) is 19.5 Å². The Morgan fingerprint density at radius 2 is 2.07 bits per heavy atom. The molecule has 0 fully saturated rings. The number of pyridine rings is 1. The summed E-state index contributed by atoms with van der Waals surface area (Å²) in [5.74, 6) is 1.08. The van der Waals surface area contributed by atoms with Gasteiger partial charge in [-0.3, -0.25) is 4.79 Å². The number of nitrogen functional groups attached to an aromatic ring is 1. The number of benzene rings is 1. The fourth-order valence-electron chi connectivity index (χ4n) is 3.56. The molecule has 0 radical (unpaired) electrons. The summed E-state index contributed by atoms with van der Waals surface area (Å²) in [5.41, 5.74) is 10.0. The van der Waals surface area contributed by atoms with E-state index in [1.165, 1.54) is 16.9 Å². The molecule has 3 heterocycles. The fourth-order valence-corrected chi connectivity index (χ4v) is 4.57. The lowest BCUT2D eigenvalue weighted by molar-refractivity contribution is 0.0956. The maximum Gasteiger partial charge on any atom is 0.263 e. The summed E-state index contributed by atoms with van der Waals surface area (Å²) in [7, 11) is 5.27. The van der Waals surface area contributed by atoms with E-state index in [1.54, 1.807) is 14.2 Å². The maximum atomic E-state index is 12.8. The van der Waals surface area contributed by atoms with E-state index in [9.17, 15) is 4.79 Å². The number of amides is 1. The molecule has 0 aliphatic carbocycles. The van der Waals surface area contributed by atoms with E-state index in [-0.39, 0.29) is 5.91 Å². The van der Waals surface area contributed by atoms with E-state index in [0.29, 0.717) is 28.6 Å². The SMILES string of the molecule is COc1ccc(CNC(=O)c2sc3nc4c(cc3c2N)CN(C)CC4)cc1OC. The highest BCUT2D eigenvalue weighted by atomic mass is 32.1. The van der Waals surface area contributed by atoms with Gasteiger partial charge in [-0.15, -0.1) is 11.3 Å². The van der Waals surface area contributed by atoms with Crippen molar-refractivity contribution < 1.29 is 14.3 Å². The van der Waals surface area contributed by atoms with Crippen molar-refractivity contribution in [2.75, 3.05) is 33.5 Å². The predicted octanol–water partition coefficient (Wildman–Crippen LogP) is 2.81. The molecule has 0 bridgehead atoms. The quantitative estimate of drug-likeness (QED) is 0.670. The van der Waals surface area contributed by atoms with E-state index in [0.717, 1.165) is 41.0 Å². The first-order valence-electron chi connectivity index (χ1n) is 9.38. The van der Waals surface area contributed by atoms with Crippen LogP contribution < -0.4 is 20.5 Å². The van der Waals surface area contributed by atoms with Gasteiger partial charge >= 0.3 is 0 Å². The van der Waals surface area contributed by atoms with Gasteiger partial charge in [0.25, 0.3) is 5.91 Å². The monoisotopic (exact) mass is 412 g/mol. The van der Waals surface area contributed by atoms with Gasteiger partial charge in [0, 0.05) is 37.1 Å². The largest absolute Gasteiger partial charge is 0.493 e. The number of methoxy groups -OCH3 is 2. The second kappa shape index (κ2) is 7.88. The molecule has 0 spiro atoms. The predicted molar refractivity (Wildman–Crippen MR) is 115 cm³/mol. The van der Waals surface area contributed by atoms with E-state index < -0.39 is 0 Å². The van der Waals surface area contributed by atoms with Crippen LogP contribution in [0.5, 0.6) is 11.5 Å². The first-order valence-corrected chi connectivity index (χ1v) is 10.2. The number of thiophene rings is 1. The smallest absolute Gasteiger partial charge is 0.263 e. The van der Waals surface area contributed by atoms with E-state index in [4.69, 9.17) is 20.2 Å². The first-order chi connectivity index (χ1) is 14.0. The minimum atomic E-state index is -0.199. The summed E-state index contributed by atoms with van der Waals surface area (Å²) >= 11 is 1.35. The molecule has 0 saturated carbocycles. The number of nitrogens with one attached hydrogen (secondary N) is 1. The van der Waals surface area contributed by atoms with Gasteiger partial charge in [-0.25, -0.2) is 4.98 Å². The van der Waals surface area contributed by atoms with Gasteiger partial charge < -0.3 is 25.4 Å².